The van der Waals surface area contributed by atoms with E-state index in [-0.39, 0.29) is 0 Å². The van der Waals surface area contributed by atoms with E-state index in [0.717, 1.165) is 25.1 Å². The monoisotopic (exact) mass is 201 g/mol. The predicted molar refractivity (Wildman–Crippen MR) is 64.4 cm³/mol. The largest absolute Gasteiger partial charge is 0.364 e. The van der Waals surface area contributed by atoms with Crippen LogP contribution in [0.2, 0.25) is 0 Å². The van der Waals surface area contributed by atoms with Gasteiger partial charge in [-0.2, -0.15) is 0 Å². The molecule has 1 aromatic carbocycles. The van der Waals surface area contributed by atoms with Crippen molar-refractivity contribution >= 4 is 12.0 Å². The molecule has 1 aromatic rings. The van der Waals surface area contributed by atoms with Crippen molar-refractivity contribution in [2.45, 2.75) is 0 Å². The Bertz CT molecular complexity index is 330. The highest BCUT2D eigenvalue weighted by Gasteiger charge is 2.01. The standard InChI is InChI=1S/C13H15NO/c1-3-9-14(10-4-2)13-7-5-12(11-15)6-8-13/h3-8,11H,1-2,9-10H2. The van der Waals surface area contributed by atoms with Gasteiger partial charge in [-0.25, -0.2) is 0 Å². The average molecular weight is 201 g/mol. The smallest absolute Gasteiger partial charge is 0.150 e. The van der Waals surface area contributed by atoms with Crippen LogP contribution in [-0.4, -0.2) is 19.4 Å². The third-order valence-corrected chi connectivity index (χ3v) is 2.09. The number of nitrogens with zero attached hydrogens (tertiary/aromatic N) is 1. The molecule has 0 N–H and O–H groups in total. The first kappa shape index (κ1) is 11.2. The molecule has 0 aliphatic carbocycles. The van der Waals surface area contributed by atoms with Crippen LogP contribution in [0.4, 0.5) is 5.69 Å². The Morgan fingerprint density at radius 2 is 1.60 bits per heavy atom. The number of carbonyl (C=O) groups excluding carboxylic acids is 1. The van der Waals surface area contributed by atoms with E-state index in [1.165, 1.54) is 0 Å². The fourth-order valence-corrected chi connectivity index (χ4v) is 1.36. The van der Waals surface area contributed by atoms with E-state index in [0.29, 0.717) is 5.56 Å². The summed E-state index contributed by atoms with van der Waals surface area (Å²) in [7, 11) is 0. The van der Waals surface area contributed by atoms with Crippen molar-refractivity contribution in [3.63, 3.8) is 0 Å². The number of carbonyl (C=O) groups is 1. The van der Waals surface area contributed by atoms with Gasteiger partial charge in [-0.3, -0.25) is 4.79 Å². The highest BCUT2D eigenvalue weighted by atomic mass is 16.1. The molecule has 0 spiro atoms. The summed E-state index contributed by atoms with van der Waals surface area (Å²) in [5.41, 5.74) is 1.76. The Morgan fingerprint density at radius 1 is 1.07 bits per heavy atom. The number of rotatable bonds is 6. The SMILES string of the molecule is C=CCN(CC=C)c1ccc(C=O)cc1. The molecule has 0 aliphatic heterocycles. The van der Waals surface area contributed by atoms with Gasteiger partial charge in [-0.05, 0) is 24.3 Å². The minimum atomic E-state index is 0.691. The second-order valence-corrected chi connectivity index (χ2v) is 3.19. The Kier molecular flexibility index (Phi) is 4.35. The molecule has 0 aliphatic rings. The van der Waals surface area contributed by atoms with Gasteiger partial charge in [-0.1, -0.05) is 12.2 Å². The second kappa shape index (κ2) is 5.81. The molecule has 78 valence electrons. The lowest BCUT2D eigenvalue weighted by Crippen LogP contribution is -2.22. The summed E-state index contributed by atoms with van der Waals surface area (Å²) in [5.74, 6) is 0. The number of anilines is 1. The molecule has 1 rings (SSSR count). The minimum absolute atomic E-state index is 0.691. The van der Waals surface area contributed by atoms with Crippen molar-refractivity contribution in [3.8, 4) is 0 Å². The Hall–Kier alpha value is -1.83. The van der Waals surface area contributed by atoms with Gasteiger partial charge < -0.3 is 4.90 Å². The minimum Gasteiger partial charge on any atom is -0.364 e. The summed E-state index contributed by atoms with van der Waals surface area (Å²) < 4.78 is 0. The molecule has 0 fully saturated rings. The quantitative estimate of drug-likeness (QED) is 0.521. The first-order valence-corrected chi connectivity index (χ1v) is 4.83. The zero-order chi connectivity index (χ0) is 11.1. The highest BCUT2D eigenvalue weighted by molar-refractivity contribution is 5.75. The summed E-state index contributed by atoms with van der Waals surface area (Å²) in [5, 5.41) is 0. The first-order chi connectivity index (χ1) is 7.31. The normalized spacial score (nSPS) is 9.33. The molecular formula is C13H15NO. The van der Waals surface area contributed by atoms with E-state index >= 15 is 0 Å². The molecular weight excluding hydrogens is 186 g/mol. The second-order valence-electron chi connectivity index (χ2n) is 3.19. The first-order valence-electron chi connectivity index (χ1n) is 4.83. The van der Waals surface area contributed by atoms with Gasteiger partial charge in [0.2, 0.25) is 0 Å². The Labute approximate surface area is 90.5 Å². The Morgan fingerprint density at radius 3 is 2.00 bits per heavy atom. The van der Waals surface area contributed by atoms with E-state index in [1.54, 1.807) is 0 Å². The zero-order valence-electron chi connectivity index (χ0n) is 8.73. The lowest BCUT2D eigenvalue weighted by atomic mass is 10.2. The van der Waals surface area contributed by atoms with E-state index in [2.05, 4.69) is 18.1 Å². The molecule has 0 heterocycles. The summed E-state index contributed by atoms with van der Waals surface area (Å²) in [6.45, 7) is 8.96. The van der Waals surface area contributed by atoms with Crippen molar-refractivity contribution in [1.29, 1.82) is 0 Å². The highest BCUT2D eigenvalue weighted by Crippen LogP contribution is 2.14. The molecule has 15 heavy (non-hydrogen) atoms. The molecule has 0 amide bonds. The number of hydrogen-bond donors (Lipinski definition) is 0. The van der Waals surface area contributed by atoms with E-state index in [1.807, 2.05) is 36.4 Å². The van der Waals surface area contributed by atoms with Crippen LogP contribution in [0, 0.1) is 0 Å². The van der Waals surface area contributed by atoms with Gasteiger partial charge in [0, 0.05) is 24.3 Å². The molecule has 0 radical (unpaired) electrons. The third kappa shape index (κ3) is 3.09. The molecule has 0 atom stereocenters. The van der Waals surface area contributed by atoms with Crippen molar-refractivity contribution in [3.05, 3.63) is 55.1 Å². The molecule has 0 bridgehead atoms. The molecule has 2 heteroatoms. The third-order valence-electron chi connectivity index (χ3n) is 2.09. The maximum atomic E-state index is 10.5. The van der Waals surface area contributed by atoms with Crippen LogP contribution in [0.3, 0.4) is 0 Å². The predicted octanol–water partition coefficient (Wildman–Crippen LogP) is 2.68. The molecule has 2 nitrogen and oxygen atoms in total. The summed E-state index contributed by atoms with van der Waals surface area (Å²) in [4.78, 5) is 12.6. The van der Waals surface area contributed by atoms with Gasteiger partial charge >= 0.3 is 0 Å². The van der Waals surface area contributed by atoms with Crippen LogP contribution in [0.25, 0.3) is 0 Å². The van der Waals surface area contributed by atoms with E-state index < -0.39 is 0 Å². The van der Waals surface area contributed by atoms with Crippen molar-refractivity contribution in [2.24, 2.45) is 0 Å². The van der Waals surface area contributed by atoms with E-state index in [9.17, 15) is 4.79 Å². The van der Waals surface area contributed by atoms with Gasteiger partial charge in [0.1, 0.15) is 6.29 Å². The van der Waals surface area contributed by atoms with Gasteiger partial charge in [-0.15, -0.1) is 13.2 Å². The fraction of sp³-hybridized carbons (Fsp3) is 0.154. The maximum absolute atomic E-state index is 10.5. The molecule has 0 unspecified atom stereocenters. The summed E-state index contributed by atoms with van der Waals surface area (Å²) in [6, 6.07) is 7.47. The van der Waals surface area contributed by atoms with Crippen molar-refractivity contribution in [2.75, 3.05) is 18.0 Å². The zero-order valence-corrected chi connectivity index (χ0v) is 8.73. The lowest BCUT2D eigenvalue weighted by molar-refractivity contribution is 0.112. The fourth-order valence-electron chi connectivity index (χ4n) is 1.36. The van der Waals surface area contributed by atoms with Crippen LogP contribution < -0.4 is 4.90 Å². The van der Waals surface area contributed by atoms with Crippen LogP contribution in [0.1, 0.15) is 10.4 Å². The van der Waals surface area contributed by atoms with Crippen LogP contribution in [0.5, 0.6) is 0 Å². The van der Waals surface area contributed by atoms with Crippen molar-refractivity contribution in [1.82, 2.24) is 0 Å². The van der Waals surface area contributed by atoms with Gasteiger partial charge in [0.15, 0.2) is 0 Å². The van der Waals surface area contributed by atoms with Gasteiger partial charge in [0.05, 0.1) is 0 Å². The van der Waals surface area contributed by atoms with Gasteiger partial charge in [0.25, 0.3) is 0 Å². The average Bonchev–Trinajstić information content (AvgIpc) is 2.29. The van der Waals surface area contributed by atoms with E-state index in [4.69, 9.17) is 0 Å². The number of hydrogen-bond acceptors (Lipinski definition) is 2. The summed E-state index contributed by atoms with van der Waals surface area (Å²) in [6.07, 6.45) is 4.53. The topological polar surface area (TPSA) is 20.3 Å². The molecule has 0 saturated carbocycles. The molecule has 0 saturated heterocycles. The van der Waals surface area contributed by atoms with Crippen LogP contribution in [0.15, 0.2) is 49.6 Å². The summed E-state index contributed by atoms with van der Waals surface area (Å²) >= 11 is 0. The molecule has 0 aromatic heterocycles. The van der Waals surface area contributed by atoms with Crippen molar-refractivity contribution < 1.29 is 4.79 Å². The lowest BCUT2D eigenvalue weighted by Gasteiger charge is -2.21. The number of benzene rings is 1. The van der Waals surface area contributed by atoms with Crippen LogP contribution >= 0.6 is 0 Å². The number of aldehydes is 1. The maximum Gasteiger partial charge on any atom is 0.150 e. The van der Waals surface area contributed by atoms with Crippen LogP contribution in [-0.2, 0) is 0 Å². The Balaban J connectivity index is 2.84.